The number of nitrogens with one attached hydrogen (secondary N) is 2. The molecule has 0 aromatic heterocycles. The number of nitrogens with zero attached hydrogens (tertiary/aromatic N) is 2. The Morgan fingerprint density at radius 3 is 2.58 bits per heavy atom. The highest BCUT2D eigenvalue weighted by Gasteiger charge is 2.20. The standard InChI is InChI=1S/C18H29FN4.HI/c1-3-16(23-12-6-7-13-23)14-22-18(20-2)21-11-10-15-8-4-5-9-17(15)19;/h4-5,8-9,16H,3,6-7,10-14H2,1-2H3,(H2,20,21,22);1H. The van der Waals surface area contributed by atoms with E-state index >= 15 is 0 Å². The molecule has 1 aliphatic rings. The molecule has 6 heteroatoms. The van der Waals surface area contributed by atoms with Gasteiger partial charge in [-0.1, -0.05) is 25.1 Å². The normalized spacial score (nSPS) is 16.5. The van der Waals surface area contributed by atoms with Crippen LogP contribution in [0.1, 0.15) is 31.7 Å². The van der Waals surface area contributed by atoms with E-state index in [2.05, 4.69) is 27.4 Å². The molecule has 1 fully saturated rings. The minimum Gasteiger partial charge on any atom is -0.356 e. The molecule has 136 valence electrons. The van der Waals surface area contributed by atoms with E-state index in [-0.39, 0.29) is 29.8 Å². The lowest BCUT2D eigenvalue weighted by atomic mass is 10.1. The molecular formula is C18H30FIN4. The van der Waals surface area contributed by atoms with Crippen LogP contribution in [0.25, 0.3) is 0 Å². The summed E-state index contributed by atoms with van der Waals surface area (Å²) < 4.78 is 13.6. The molecular weight excluding hydrogens is 418 g/mol. The highest BCUT2D eigenvalue weighted by Crippen LogP contribution is 2.13. The minimum atomic E-state index is -0.141. The van der Waals surface area contributed by atoms with Crippen molar-refractivity contribution in [2.75, 3.05) is 33.2 Å². The number of guanidine groups is 1. The summed E-state index contributed by atoms with van der Waals surface area (Å²) in [5, 5.41) is 6.67. The van der Waals surface area contributed by atoms with Crippen LogP contribution in [0.15, 0.2) is 29.3 Å². The van der Waals surface area contributed by atoms with Crippen LogP contribution < -0.4 is 10.6 Å². The van der Waals surface area contributed by atoms with Crippen LogP contribution in [0.5, 0.6) is 0 Å². The van der Waals surface area contributed by atoms with Crippen LogP contribution >= 0.6 is 24.0 Å². The third-order valence-electron chi connectivity index (χ3n) is 4.50. The summed E-state index contributed by atoms with van der Waals surface area (Å²) in [5.74, 6) is 0.649. The molecule has 0 amide bonds. The van der Waals surface area contributed by atoms with E-state index in [0.717, 1.165) is 24.5 Å². The Morgan fingerprint density at radius 2 is 1.96 bits per heavy atom. The van der Waals surface area contributed by atoms with Crippen molar-refractivity contribution in [1.29, 1.82) is 0 Å². The van der Waals surface area contributed by atoms with Gasteiger partial charge in [0.2, 0.25) is 0 Å². The second-order valence-electron chi connectivity index (χ2n) is 6.03. The zero-order chi connectivity index (χ0) is 16.5. The number of rotatable bonds is 7. The van der Waals surface area contributed by atoms with Gasteiger partial charge in [-0.15, -0.1) is 24.0 Å². The molecule has 0 bridgehead atoms. The second kappa shape index (κ2) is 11.6. The molecule has 2 rings (SSSR count). The van der Waals surface area contributed by atoms with Gasteiger partial charge in [0, 0.05) is 26.2 Å². The number of likely N-dealkylation sites (tertiary alicyclic amines) is 1. The van der Waals surface area contributed by atoms with Gasteiger partial charge < -0.3 is 10.6 Å². The lowest BCUT2D eigenvalue weighted by molar-refractivity contribution is 0.236. The van der Waals surface area contributed by atoms with Crippen LogP contribution in [0.4, 0.5) is 4.39 Å². The van der Waals surface area contributed by atoms with E-state index in [1.807, 2.05) is 12.1 Å². The summed E-state index contributed by atoms with van der Waals surface area (Å²) in [6.07, 6.45) is 4.41. The SMILES string of the molecule is CCC(CNC(=NC)NCCc1ccccc1F)N1CCCC1.I. The van der Waals surface area contributed by atoms with Crippen LogP contribution in [0.3, 0.4) is 0 Å². The van der Waals surface area contributed by atoms with Crippen molar-refractivity contribution >= 4 is 29.9 Å². The van der Waals surface area contributed by atoms with Crippen molar-refractivity contribution in [1.82, 2.24) is 15.5 Å². The maximum absolute atomic E-state index is 13.6. The van der Waals surface area contributed by atoms with Gasteiger partial charge >= 0.3 is 0 Å². The van der Waals surface area contributed by atoms with Crippen LogP contribution in [0, 0.1) is 5.82 Å². The summed E-state index contributed by atoms with van der Waals surface area (Å²) in [6.45, 7) is 6.22. The molecule has 1 unspecified atom stereocenters. The molecule has 0 saturated carbocycles. The summed E-state index contributed by atoms with van der Waals surface area (Å²) in [7, 11) is 1.77. The zero-order valence-corrected chi connectivity index (χ0v) is 17.1. The summed E-state index contributed by atoms with van der Waals surface area (Å²) in [5.41, 5.74) is 0.735. The monoisotopic (exact) mass is 448 g/mol. The zero-order valence-electron chi connectivity index (χ0n) is 14.7. The molecule has 0 spiro atoms. The van der Waals surface area contributed by atoms with E-state index in [4.69, 9.17) is 0 Å². The Kier molecular flexibility index (Phi) is 10.2. The molecule has 1 saturated heterocycles. The molecule has 4 nitrogen and oxygen atoms in total. The van der Waals surface area contributed by atoms with Crippen LogP contribution in [-0.4, -0.2) is 50.1 Å². The first kappa shape index (κ1) is 21.2. The fraction of sp³-hybridized carbons (Fsp3) is 0.611. The topological polar surface area (TPSA) is 39.7 Å². The molecule has 24 heavy (non-hydrogen) atoms. The Balaban J connectivity index is 0.00000288. The van der Waals surface area contributed by atoms with E-state index < -0.39 is 0 Å². The first-order valence-electron chi connectivity index (χ1n) is 8.66. The molecule has 0 radical (unpaired) electrons. The van der Waals surface area contributed by atoms with Gasteiger partial charge in [0.15, 0.2) is 5.96 Å². The number of hydrogen-bond donors (Lipinski definition) is 2. The van der Waals surface area contributed by atoms with Gasteiger partial charge in [0.1, 0.15) is 5.82 Å². The van der Waals surface area contributed by atoms with Gasteiger partial charge in [0.25, 0.3) is 0 Å². The van der Waals surface area contributed by atoms with Crippen molar-refractivity contribution < 1.29 is 4.39 Å². The average molecular weight is 448 g/mol. The Morgan fingerprint density at radius 1 is 1.25 bits per heavy atom. The molecule has 1 aliphatic heterocycles. The van der Waals surface area contributed by atoms with Gasteiger partial charge in [-0.2, -0.15) is 0 Å². The molecule has 1 aromatic rings. The summed E-state index contributed by atoms with van der Waals surface area (Å²) in [6, 6.07) is 7.48. The fourth-order valence-corrected chi connectivity index (χ4v) is 3.09. The molecule has 1 heterocycles. The maximum atomic E-state index is 13.6. The second-order valence-corrected chi connectivity index (χ2v) is 6.03. The first-order valence-corrected chi connectivity index (χ1v) is 8.66. The highest BCUT2D eigenvalue weighted by atomic mass is 127. The molecule has 0 aliphatic carbocycles. The minimum absolute atomic E-state index is 0. The van der Waals surface area contributed by atoms with Gasteiger partial charge in [-0.05, 0) is 50.4 Å². The predicted molar refractivity (Wildman–Crippen MR) is 110 cm³/mol. The van der Waals surface area contributed by atoms with Crippen LogP contribution in [0.2, 0.25) is 0 Å². The van der Waals surface area contributed by atoms with E-state index in [1.54, 1.807) is 13.1 Å². The fourth-order valence-electron chi connectivity index (χ4n) is 3.09. The first-order chi connectivity index (χ1) is 11.2. The number of hydrogen-bond acceptors (Lipinski definition) is 2. The molecule has 1 aromatic carbocycles. The smallest absolute Gasteiger partial charge is 0.191 e. The molecule has 2 N–H and O–H groups in total. The van der Waals surface area contributed by atoms with Crippen molar-refractivity contribution in [3.63, 3.8) is 0 Å². The number of benzene rings is 1. The van der Waals surface area contributed by atoms with Gasteiger partial charge in [-0.3, -0.25) is 9.89 Å². The third kappa shape index (κ3) is 6.55. The average Bonchev–Trinajstić information content (AvgIpc) is 3.10. The Hall–Kier alpha value is -0.890. The Bertz CT molecular complexity index is 504. The van der Waals surface area contributed by atoms with Gasteiger partial charge in [-0.25, -0.2) is 4.39 Å². The van der Waals surface area contributed by atoms with E-state index in [9.17, 15) is 4.39 Å². The van der Waals surface area contributed by atoms with Crippen molar-refractivity contribution in [3.8, 4) is 0 Å². The quantitative estimate of drug-likeness (QED) is 0.383. The van der Waals surface area contributed by atoms with Crippen molar-refractivity contribution in [3.05, 3.63) is 35.6 Å². The van der Waals surface area contributed by atoms with Crippen molar-refractivity contribution in [2.45, 2.75) is 38.6 Å². The van der Waals surface area contributed by atoms with E-state index in [1.165, 1.54) is 32.0 Å². The van der Waals surface area contributed by atoms with Crippen LogP contribution in [-0.2, 0) is 6.42 Å². The van der Waals surface area contributed by atoms with Gasteiger partial charge in [0.05, 0.1) is 0 Å². The Labute approximate surface area is 162 Å². The summed E-state index contributed by atoms with van der Waals surface area (Å²) in [4.78, 5) is 6.81. The van der Waals surface area contributed by atoms with Crippen molar-refractivity contribution in [2.24, 2.45) is 4.99 Å². The lowest BCUT2D eigenvalue weighted by Crippen LogP contribution is -2.46. The number of aliphatic imine (C=N–C) groups is 1. The number of halogens is 2. The largest absolute Gasteiger partial charge is 0.356 e. The maximum Gasteiger partial charge on any atom is 0.191 e. The lowest BCUT2D eigenvalue weighted by Gasteiger charge is -2.27. The summed E-state index contributed by atoms with van der Waals surface area (Å²) >= 11 is 0. The predicted octanol–water partition coefficient (Wildman–Crippen LogP) is 3.03. The highest BCUT2D eigenvalue weighted by molar-refractivity contribution is 14.0. The van der Waals surface area contributed by atoms with E-state index in [0.29, 0.717) is 19.0 Å². The molecule has 1 atom stereocenters. The third-order valence-corrected chi connectivity index (χ3v) is 4.50.